The van der Waals surface area contributed by atoms with E-state index in [2.05, 4.69) is 24.1 Å². The van der Waals surface area contributed by atoms with Crippen LogP contribution in [0, 0.1) is 17.8 Å². The maximum atomic E-state index is 11.1. The molecule has 0 spiro atoms. The van der Waals surface area contributed by atoms with E-state index in [4.69, 9.17) is 0 Å². The lowest BCUT2D eigenvalue weighted by Crippen LogP contribution is -2.36. The highest BCUT2D eigenvalue weighted by molar-refractivity contribution is 5.93. The van der Waals surface area contributed by atoms with E-state index in [1.165, 1.54) is 12.8 Å². The second-order valence-corrected chi connectivity index (χ2v) is 3.81. The lowest BCUT2D eigenvalue weighted by molar-refractivity contribution is -0.116. The summed E-state index contributed by atoms with van der Waals surface area (Å²) in [6.07, 6.45) is 4.67. The van der Waals surface area contributed by atoms with Gasteiger partial charge in [-0.2, -0.15) is 0 Å². The maximum Gasteiger partial charge on any atom is 0.296 e. The highest BCUT2D eigenvalue weighted by Gasteiger charge is 2.18. The van der Waals surface area contributed by atoms with Crippen LogP contribution in [0.25, 0.3) is 0 Å². The molecule has 1 saturated carbocycles. The molecular formula is C13H23NO. The van der Waals surface area contributed by atoms with E-state index < -0.39 is 0 Å². The molecular weight excluding hydrogens is 186 g/mol. The van der Waals surface area contributed by atoms with Gasteiger partial charge in [-0.1, -0.05) is 26.7 Å². The average Bonchev–Trinajstić information content (AvgIpc) is 2.25. The van der Waals surface area contributed by atoms with Gasteiger partial charge in [-0.05, 0) is 44.4 Å². The Kier molecular flexibility index (Phi) is 7.81. The van der Waals surface area contributed by atoms with Crippen molar-refractivity contribution in [1.82, 2.24) is 5.32 Å². The lowest BCUT2D eigenvalue weighted by Gasteiger charge is -2.26. The number of carbonyl (C=O) groups is 1. The predicted octanol–water partition coefficient (Wildman–Crippen LogP) is 2.73. The monoisotopic (exact) mass is 209 g/mol. The van der Waals surface area contributed by atoms with Gasteiger partial charge >= 0.3 is 0 Å². The summed E-state index contributed by atoms with van der Waals surface area (Å²) in [5.41, 5.74) is 0. The molecule has 1 N–H and O–H groups in total. The Hall–Kier alpha value is -0.970. The highest BCUT2D eigenvalue weighted by Crippen LogP contribution is 2.23. The first-order valence-electron chi connectivity index (χ1n) is 5.95. The van der Waals surface area contributed by atoms with Crippen LogP contribution in [-0.2, 0) is 4.79 Å². The molecule has 1 amide bonds. The molecule has 0 aromatic heterocycles. The van der Waals surface area contributed by atoms with Crippen molar-refractivity contribution in [2.75, 3.05) is 0 Å². The zero-order valence-corrected chi connectivity index (χ0v) is 10.4. The van der Waals surface area contributed by atoms with Gasteiger partial charge in [0, 0.05) is 6.04 Å². The van der Waals surface area contributed by atoms with Crippen LogP contribution in [0.4, 0.5) is 0 Å². The number of carbonyl (C=O) groups excluding carboxylic acids is 1. The SMILES string of the molecule is CC.CC#CC(=O)NC1CCC(C)CC1. The fourth-order valence-corrected chi connectivity index (χ4v) is 1.74. The minimum atomic E-state index is -0.123. The van der Waals surface area contributed by atoms with Crippen LogP contribution < -0.4 is 5.32 Å². The molecule has 0 atom stereocenters. The third-order valence-electron chi connectivity index (χ3n) is 2.59. The van der Waals surface area contributed by atoms with Crippen LogP contribution in [0.1, 0.15) is 53.4 Å². The molecule has 0 saturated heterocycles. The smallest absolute Gasteiger partial charge is 0.296 e. The number of hydrogen-bond acceptors (Lipinski definition) is 1. The molecule has 0 heterocycles. The molecule has 1 fully saturated rings. The Bertz CT molecular complexity index is 229. The fourth-order valence-electron chi connectivity index (χ4n) is 1.74. The van der Waals surface area contributed by atoms with Gasteiger partial charge in [0.15, 0.2) is 0 Å². The first-order chi connectivity index (χ1) is 7.22. The molecule has 0 aromatic rings. The molecule has 0 bridgehead atoms. The van der Waals surface area contributed by atoms with Crippen molar-refractivity contribution in [2.24, 2.45) is 5.92 Å². The molecule has 1 rings (SSSR count). The summed E-state index contributed by atoms with van der Waals surface area (Å²) in [5.74, 6) is 5.81. The first kappa shape index (κ1) is 14.0. The quantitative estimate of drug-likeness (QED) is 0.661. The Morgan fingerprint density at radius 1 is 1.20 bits per heavy atom. The molecule has 0 radical (unpaired) electrons. The van der Waals surface area contributed by atoms with Crippen LogP contribution in [0.3, 0.4) is 0 Å². The van der Waals surface area contributed by atoms with Crippen LogP contribution in [0.2, 0.25) is 0 Å². The summed E-state index contributed by atoms with van der Waals surface area (Å²) < 4.78 is 0. The molecule has 2 nitrogen and oxygen atoms in total. The van der Waals surface area contributed by atoms with Crippen molar-refractivity contribution in [3.05, 3.63) is 0 Å². The van der Waals surface area contributed by atoms with Gasteiger partial charge in [-0.3, -0.25) is 4.79 Å². The number of nitrogens with one attached hydrogen (secondary N) is 1. The van der Waals surface area contributed by atoms with Gasteiger partial charge in [0.05, 0.1) is 0 Å². The van der Waals surface area contributed by atoms with E-state index in [1.54, 1.807) is 6.92 Å². The molecule has 0 aliphatic heterocycles. The summed E-state index contributed by atoms with van der Waals surface area (Å²) in [5, 5.41) is 2.93. The van der Waals surface area contributed by atoms with Crippen molar-refractivity contribution in [3.8, 4) is 11.8 Å². The maximum absolute atomic E-state index is 11.1. The topological polar surface area (TPSA) is 29.1 Å². The highest BCUT2D eigenvalue weighted by atomic mass is 16.1. The normalized spacial score (nSPS) is 24.0. The molecule has 1 aliphatic carbocycles. The van der Waals surface area contributed by atoms with E-state index in [1.807, 2.05) is 13.8 Å². The van der Waals surface area contributed by atoms with Crippen molar-refractivity contribution >= 4 is 5.91 Å². The second-order valence-electron chi connectivity index (χ2n) is 3.81. The standard InChI is InChI=1S/C11H17NO.C2H6/c1-3-4-11(13)12-10-7-5-9(2)6-8-10;1-2/h9-10H,5-8H2,1-2H3,(H,12,13);1-2H3. The Morgan fingerprint density at radius 3 is 2.20 bits per heavy atom. The van der Waals surface area contributed by atoms with E-state index in [-0.39, 0.29) is 5.91 Å². The van der Waals surface area contributed by atoms with Crippen LogP contribution in [0.15, 0.2) is 0 Å². The molecule has 86 valence electrons. The predicted molar refractivity (Wildman–Crippen MR) is 64.4 cm³/mol. The van der Waals surface area contributed by atoms with Crippen molar-refractivity contribution in [2.45, 2.75) is 59.4 Å². The van der Waals surface area contributed by atoms with Gasteiger partial charge in [0.2, 0.25) is 0 Å². The van der Waals surface area contributed by atoms with E-state index in [0.717, 1.165) is 18.8 Å². The van der Waals surface area contributed by atoms with Crippen molar-refractivity contribution in [3.63, 3.8) is 0 Å². The van der Waals surface area contributed by atoms with Crippen LogP contribution in [-0.4, -0.2) is 11.9 Å². The molecule has 2 heteroatoms. The van der Waals surface area contributed by atoms with Gasteiger partial charge in [-0.25, -0.2) is 0 Å². The zero-order chi connectivity index (χ0) is 11.7. The summed E-state index contributed by atoms with van der Waals surface area (Å²) in [6.45, 7) is 7.95. The van der Waals surface area contributed by atoms with Crippen LogP contribution in [0.5, 0.6) is 0 Å². The third kappa shape index (κ3) is 6.17. The number of rotatable bonds is 1. The van der Waals surface area contributed by atoms with Crippen LogP contribution >= 0.6 is 0 Å². The number of amides is 1. The van der Waals surface area contributed by atoms with E-state index in [0.29, 0.717) is 6.04 Å². The molecule has 0 unspecified atom stereocenters. The lowest BCUT2D eigenvalue weighted by atomic mass is 9.87. The van der Waals surface area contributed by atoms with Gasteiger partial charge in [0.25, 0.3) is 5.91 Å². The second kappa shape index (κ2) is 8.35. The van der Waals surface area contributed by atoms with Crippen molar-refractivity contribution in [1.29, 1.82) is 0 Å². The molecule has 0 aromatic carbocycles. The van der Waals surface area contributed by atoms with E-state index in [9.17, 15) is 4.79 Å². The number of hydrogen-bond donors (Lipinski definition) is 1. The Balaban J connectivity index is 0.000000921. The molecule has 15 heavy (non-hydrogen) atoms. The summed E-state index contributed by atoms with van der Waals surface area (Å²) in [7, 11) is 0. The first-order valence-corrected chi connectivity index (χ1v) is 5.95. The molecule has 1 aliphatic rings. The summed E-state index contributed by atoms with van der Waals surface area (Å²) >= 11 is 0. The largest absolute Gasteiger partial charge is 0.343 e. The summed E-state index contributed by atoms with van der Waals surface area (Å²) in [4.78, 5) is 11.1. The zero-order valence-electron chi connectivity index (χ0n) is 10.4. The average molecular weight is 209 g/mol. The van der Waals surface area contributed by atoms with Gasteiger partial charge in [-0.15, -0.1) is 0 Å². The van der Waals surface area contributed by atoms with E-state index >= 15 is 0 Å². The third-order valence-corrected chi connectivity index (χ3v) is 2.59. The van der Waals surface area contributed by atoms with Gasteiger partial charge < -0.3 is 5.32 Å². The minimum Gasteiger partial charge on any atom is -0.343 e. The fraction of sp³-hybridized carbons (Fsp3) is 0.769. The minimum absolute atomic E-state index is 0.123. The Morgan fingerprint density at radius 2 is 1.73 bits per heavy atom. The summed E-state index contributed by atoms with van der Waals surface area (Å²) in [6, 6.07) is 0.365. The Labute approximate surface area is 93.8 Å². The van der Waals surface area contributed by atoms with Gasteiger partial charge in [0.1, 0.15) is 0 Å². The van der Waals surface area contributed by atoms with Crippen molar-refractivity contribution < 1.29 is 4.79 Å².